The molecule has 182 valence electrons. The lowest BCUT2D eigenvalue weighted by Crippen LogP contribution is -2.01. The molecule has 0 fully saturated rings. The molecule has 0 unspecified atom stereocenters. The van der Waals surface area contributed by atoms with E-state index in [1.54, 1.807) is 0 Å². The first-order chi connectivity index (χ1) is 18.8. The second-order valence-corrected chi connectivity index (χ2v) is 9.28. The molecule has 7 aromatic rings. The van der Waals surface area contributed by atoms with Crippen molar-refractivity contribution in [2.24, 2.45) is 0 Å². The molecule has 0 spiro atoms. The fourth-order valence-electron chi connectivity index (χ4n) is 5.26. The van der Waals surface area contributed by atoms with Crippen LogP contribution in [-0.2, 0) is 0 Å². The molecular formula is C33H25N5. The number of fused-ring (bicyclic) bond motifs is 5. The third kappa shape index (κ3) is 3.64. The Bertz CT molecular complexity index is 1920. The summed E-state index contributed by atoms with van der Waals surface area (Å²) in [4.78, 5) is 9.62. The number of nitrogens with one attached hydrogen (secondary N) is 2. The Hall–Kier alpha value is -5.16. The minimum Gasteiger partial charge on any atom is -0.386 e. The van der Waals surface area contributed by atoms with Crippen molar-refractivity contribution in [2.75, 3.05) is 17.7 Å². The highest BCUT2D eigenvalue weighted by atomic mass is 15.1. The van der Waals surface area contributed by atoms with Crippen molar-refractivity contribution in [3.8, 4) is 17.2 Å². The quantitative estimate of drug-likeness (QED) is 0.255. The van der Waals surface area contributed by atoms with Crippen LogP contribution in [0.5, 0.6) is 0 Å². The summed E-state index contributed by atoms with van der Waals surface area (Å²) in [6.07, 6.45) is 1.85. The van der Waals surface area contributed by atoms with E-state index in [-0.39, 0.29) is 0 Å². The van der Waals surface area contributed by atoms with Gasteiger partial charge in [-0.05, 0) is 41.8 Å². The van der Waals surface area contributed by atoms with Gasteiger partial charge in [0.15, 0.2) is 5.82 Å². The van der Waals surface area contributed by atoms with E-state index in [1.165, 1.54) is 10.8 Å². The Labute approximate surface area is 220 Å². The zero-order chi connectivity index (χ0) is 25.5. The molecule has 0 radical (unpaired) electrons. The van der Waals surface area contributed by atoms with E-state index < -0.39 is 0 Å². The highest BCUT2D eigenvalue weighted by molar-refractivity contribution is 6.19. The average molecular weight is 492 g/mol. The number of benzene rings is 5. The lowest BCUT2D eigenvalue weighted by molar-refractivity contribution is 1.05. The lowest BCUT2D eigenvalue weighted by Gasteiger charge is -2.15. The normalized spacial score (nSPS) is 11.3. The Kier molecular flexibility index (Phi) is 5.26. The predicted molar refractivity (Wildman–Crippen MR) is 159 cm³/mol. The van der Waals surface area contributed by atoms with Gasteiger partial charge in [-0.15, -0.1) is 0 Å². The molecule has 5 aromatic carbocycles. The molecule has 5 nitrogen and oxygen atoms in total. The first-order valence-electron chi connectivity index (χ1n) is 12.7. The first-order valence-corrected chi connectivity index (χ1v) is 12.7. The van der Waals surface area contributed by atoms with Crippen molar-refractivity contribution in [3.63, 3.8) is 0 Å². The maximum atomic E-state index is 5.04. The Morgan fingerprint density at radius 1 is 0.658 bits per heavy atom. The van der Waals surface area contributed by atoms with Gasteiger partial charge in [0, 0.05) is 40.7 Å². The molecule has 2 heterocycles. The van der Waals surface area contributed by atoms with Gasteiger partial charge in [0.2, 0.25) is 0 Å². The van der Waals surface area contributed by atoms with Crippen LogP contribution in [0.2, 0.25) is 0 Å². The van der Waals surface area contributed by atoms with Crippen LogP contribution < -0.4 is 10.6 Å². The number of hydrogen-bond donors (Lipinski definition) is 2. The van der Waals surface area contributed by atoms with E-state index in [9.17, 15) is 0 Å². The smallest absolute Gasteiger partial charge is 0.161 e. The topological polar surface area (TPSA) is 54.8 Å². The zero-order valence-corrected chi connectivity index (χ0v) is 20.9. The number of para-hydroxylation sites is 2. The van der Waals surface area contributed by atoms with Crippen LogP contribution in [0.1, 0.15) is 0 Å². The molecule has 38 heavy (non-hydrogen) atoms. The number of nitrogens with zero attached hydrogens (tertiary/aromatic N) is 3. The van der Waals surface area contributed by atoms with Crippen LogP contribution in [0, 0.1) is 0 Å². The SMILES string of the molecule is CNc1cc2ccc3c4ccccc4n(-c4ccnc(-c5ccccc5)n4)c3c2cc1Nc1ccccc1. The van der Waals surface area contributed by atoms with Crippen LogP contribution in [0.15, 0.2) is 121 Å². The van der Waals surface area contributed by atoms with Crippen molar-refractivity contribution in [2.45, 2.75) is 0 Å². The molecule has 0 atom stereocenters. The maximum Gasteiger partial charge on any atom is 0.161 e. The van der Waals surface area contributed by atoms with Crippen LogP contribution in [0.3, 0.4) is 0 Å². The van der Waals surface area contributed by atoms with Crippen molar-refractivity contribution >= 4 is 49.6 Å². The summed E-state index contributed by atoms with van der Waals surface area (Å²) in [6.45, 7) is 0. The largest absolute Gasteiger partial charge is 0.386 e. The van der Waals surface area contributed by atoms with Crippen LogP contribution in [-0.4, -0.2) is 21.6 Å². The summed E-state index contributed by atoms with van der Waals surface area (Å²) in [5, 5.41) is 11.7. The molecule has 0 amide bonds. The van der Waals surface area contributed by atoms with Crippen molar-refractivity contribution < 1.29 is 0 Å². The van der Waals surface area contributed by atoms with Crippen molar-refractivity contribution in [1.82, 2.24) is 14.5 Å². The highest BCUT2D eigenvalue weighted by Crippen LogP contribution is 2.39. The lowest BCUT2D eigenvalue weighted by atomic mass is 10.0. The van der Waals surface area contributed by atoms with E-state index in [4.69, 9.17) is 4.98 Å². The zero-order valence-electron chi connectivity index (χ0n) is 20.9. The van der Waals surface area contributed by atoms with Gasteiger partial charge in [-0.25, -0.2) is 9.97 Å². The Morgan fingerprint density at radius 2 is 1.42 bits per heavy atom. The molecule has 0 aliphatic rings. The second kappa shape index (κ2) is 9.05. The third-order valence-corrected chi connectivity index (χ3v) is 7.01. The second-order valence-electron chi connectivity index (χ2n) is 9.28. The van der Waals surface area contributed by atoms with Crippen molar-refractivity contribution in [1.29, 1.82) is 0 Å². The highest BCUT2D eigenvalue weighted by Gasteiger charge is 2.17. The number of hydrogen-bond acceptors (Lipinski definition) is 4. The summed E-state index contributed by atoms with van der Waals surface area (Å²) in [6, 6.07) is 39.8. The van der Waals surface area contributed by atoms with Crippen molar-refractivity contribution in [3.05, 3.63) is 121 Å². The minimum absolute atomic E-state index is 0.707. The van der Waals surface area contributed by atoms with Gasteiger partial charge in [-0.3, -0.25) is 4.57 Å². The first kappa shape index (κ1) is 22.1. The van der Waals surface area contributed by atoms with Gasteiger partial charge in [-0.1, -0.05) is 78.9 Å². The molecule has 0 saturated carbocycles. The molecule has 0 bridgehead atoms. The summed E-state index contributed by atoms with van der Waals surface area (Å²) in [7, 11) is 1.96. The minimum atomic E-state index is 0.707. The number of anilines is 3. The summed E-state index contributed by atoms with van der Waals surface area (Å²) in [5.74, 6) is 1.55. The van der Waals surface area contributed by atoms with Gasteiger partial charge in [0.1, 0.15) is 5.82 Å². The molecular weight excluding hydrogens is 466 g/mol. The van der Waals surface area contributed by atoms with Gasteiger partial charge >= 0.3 is 0 Å². The summed E-state index contributed by atoms with van der Waals surface area (Å²) < 4.78 is 2.27. The predicted octanol–water partition coefficient (Wildman–Crippen LogP) is 8.18. The van der Waals surface area contributed by atoms with Gasteiger partial charge < -0.3 is 10.6 Å². The van der Waals surface area contributed by atoms with Gasteiger partial charge in [0.05, 0.1) is 22.4 Å². The van der Waals surface area contributed by atoms with E-state index >= 15 is 0 Å². The van der Waals surface area contributed by atoms with E-state index in [0.29, 0.717) is 5.82 Å². The van der Waals surface area contributed by atoms with E-state index in [1.807, 2.05) is 67.8 Å². The molecule has 2 aromatic heterocycles. The number of aromatic nitrogens is 3. The van der Waals surface area contributed by atoms with Gasteiger partial charge in [0.25, 0.3) is 0 Å². The monoisotopic (exact) mass is 491 g/mol. The summed E-state index contributed by atoms with van der Waals surface area (Å²) in [5.41, 5.74) is 6.33. The Morgan fingerprint density at radius 3 is 2.24 bits per heavy atom. The number of rotatable bonds is 5. The van der Waals surface area contributed by atoms with E-state index in [2.05, 4.69) is 80.8 Å². The van der Waals surface area contributed by atoms with Gasteiger partial charge in [-0.2, -0.15) is 0 Å². The van der Waals surface area contributed by atoms with Crippen LogP contribution >= 0.6 is 0 Å². The average Bonchev–Trinajstić information content (AvgIpc) is 3.33. The molecule has 7 rings (SSSR count). The fraction of sp³-hybridized carbons (Fsp3) is 0.0303. The molecule has 5 heteroatoms. The molecule has 0 aliphatic carbocycles. The molecule has 0 saturated heterocycles. The maximum absolute atomic E-state index is 5.04. The third-order valence-electron chi connectivity index (χ3n) is 7.01. The van der Waals surface area contributed by atoms with Crippen LogP contribution in [0.4, 0.5) is 17.1 Å². The molecule has 0 aliphatic heterocycles. The van der Waals surface area contributed by atoms with Crippen LogP contribution in [0.25, 0.3) is 49.8 Å². The Balaban J connectivity index is 1.53. The summed E-state index contributed by atoms with van der Waals surface area (Å²) >= 11 is 0. The fourth-order valence-corrected chi connectivity index (χ4v) is 5.26. The molecule has 2 N–H and O–H groups in total. The standard InChI is InChI=1S/C33H25N5/c1-34-28-20-23-16-17-26-25-14-8-9-15-30(25)38(31-18-19-35-33(37-31)22-10-4-2-5-11-22)32(26)27(23)21-29(28)36-24-12-6-3-7-13-24/h2-21,34,36H,1H3. The van der Waals surface area contributed by atoms with E-state index in [0.717, 1.165) is 50.2 Å².